The SMILES string of the molecule is COc1cccc(Sc2c(O)c3c(=O)n(-c4ccccc4)c4ccccc4c3oc2=O)c1. The highest BCUT2D eigenvalue weighted by Crippen LogP contribution is 2.38. The van der Waals surface area contributed by atoms with Crippen molar-refractivity contribution in [3.8, 4) is 17.2 Å². The molecule has 0 saturated heterocycles. The van der Waals surface area contributed by atoms with Crippen LogP contribution in [0.15, 0.2) is 103 Å². The van der Waals surface area contributed by atoms with Crippen molar-refractivity contribution in [2.75, 3.05) is 7.11 Å². The van der Waals surface area contributed by atoms with Gasteiger partial charge in [-0.1, -0.05) is 48.2 Å². The van der Waals surface area contributed by atoms with Crippen LogP contribution in [0.1, 0.15) is 0 Å². The van der Waals surface area contributed by atoms with E-state index in [2.05, 4.69) is 0 Å². The number of hydrogen-bond donors (Lipinski definition) is 1. The topological polar surface area (TPSA) is 81.7 Å². The molecule has 6 nitrogen and oxygen atoms in total. The molecule has 0 unspecified atom stereocenters. The van der Waals surface area contributed by atoms with Crippen molar-refractivity contribution in [3.63, 3.8) is 0 Å². The second-order valence-electron chi connectivity index (χ2n) is 7.05. The number of nitrogens with zero attached hydrogens (tertiary/aromatic N) is 1. The van der Waals surface area contributed by atoms with Crippen LogP contribution in [0.5, 0.6) is 11.5 Å². The molecule has 0 aliphatic rings. The second kappa shape index (κ2) is 7.94. The van der Waals surface area contributed by atoms with Crippen molar-refractivity contribution in [1.82, 2.24) is 4.57 Å². The Balaban J connectivity index is 1.84. The fraction of sp³-hybridized carbons (Fsp3) is 0.0400. The maximum absolute atomic E-state index is 13.6. The van der Waals surface area contributed by atoms with Crippen LogP contribution in [0.3, 0.4) is 0 Å². The minimum Gasteiger partial charge on any atom is -0.505 e. The number of methoxy groups -OCH3 is 1. The van der Waals surface area contributed by atoms with Gasteiger partial charge in [0.25, 0.3) is 5.56 Å². The van der Waals surface area contributed by atoms with Gasteiger partial charge in [0, 0.05) is 16.0 Å². The highest BCUT2D eigenvalue weighted by Gasteiger charge is 2.22. The summed E-state index contributed by atoms with van der Waals surface area (Å²) in [4.78, 5) is 27.0. The smallest absolute Gasteiger partial charge is 0.354 e. The molecule has 0 saturated carbocycles. The van der Waals surface area contributed by atoms with Crippen LogP contribution in [0, 0.1) is 0 Å². The minimum absolute atomic E-state index is 0.0439. The summed E-state index contributed by atoms with van der Waals surface area (Å²) in [6.07, 6.45) is 0. The predicted molar refractivity (Wildman–Crippen MR) is 124 cm³/mol. The van der Waals surface area contributed by atoms with Crippen LogP contribution in [-0.4, -0.2) is 16.8 Å². The van der Waals surface area contributed by atoms with Crippen molar-refractivity contribution in [2.24, 2.45) is 0 Å². The largest absolute Gasteiger partial charge is 0.505 e. The molecule has 0 aliphatic carbocycles. The van der Waals surface area contributed by atoms with Gasteiger partial charge in [0.1, 0.15) is 16.0 Å². The van der Waals surface area contributed by atoms with E-state index in [-0.39, 0.29) is 15.9 Å². The zero-order valence-corrected chi connectivity index (χ0v) is 17.8. The molecule has 0 fully saturated rings. The summed E-state index contributed by atoms with van der Waals surface area (Å²) in [6.45, 7) is 0. The normalized spacial score (nSPS) is 11.2. The Morgan fingerprint density at radius 2 is 1.69 bits per heavy atom. The predicted octanol–water partition coefficient (Wildman–Crippen LogP) is 4.96. The fourth-order valence-electron chi connectivity index (χ4n) is 3.68. The van der Waals surface area contributed by atoms with E-state index in [1.165, 1.54) is 4.57 Å². The fourth-order valence-corrected chi connectivity index (χ4v) is 4.56. The molecule has 2 aromatic heterocycles. The van der Waals surface area contributed by atoms with Gasteiger partial charge in [-0.2, -0.15) is 0 Å². The van der Waals surface area contributed by atoms with Crippen molar-refractivity contribution < 1.29 is 14.3 Å². The van der Waals surface area contributed by atoms with E-state index in [0.717, 1.165) is 11.8 Å². The Hall–Kier alpha value is -3.97. The third kappa shape index (κ3) is 3.23. The Kier molecular flexibility index (Phi) is 4.95. The Morgan fingerprint density at radius 1 is 0.938 bits per heavy atom. The molecule has 0 bridgehead atoms. The van der Waals surface area contributed by atoms with E-state index >= 15 is 0 Å². The molecule has 32 heavy (non-hydrogen) atoms. The third-order valence-corrected chi connectivity index (χ3v) is 6.19. The van der Waals surface area contributed by atoms with Crippen molar-refractivity contribution in [3.05, 3.63) is 99.6 Å². The molecular weight excluding hydrogens is 426 g/mol. The first-order valence-electron chi connectivity index (χ1n) is 9.79. The molecule has 3 aromatic carbocycles. The lowest BCUT2D eigenvalue weighted by Gasteiger charge is -2.14. The molecule has 158 valence electrons. The average Bonchev–Trinajstić information content (AvgIpc) is 2.82. The molecule has 7 heteroatoms. The number of aromatic nitrogens is 1. The number of aromatic hydroxyl groups is 1. The van der Waals surface area contributed by atoms with E-state index in [1.807, 2.05) is 30.3 Å². The van der Waals surface area contributed by atoms with Gasteiger partial charge in [-0.25, -0.2) is 4.79 Å². The van der Waals surface area contributed by atoms with E-state index in [1.54, 1.807) is 55.6 Å². The number of fused-ring (bicyclic) bond motifs is 3. The summed E-state index contributed by atoms with van der Waals surface area (Å²) in [5, 5.41) is 11.6. The highest BCUT2D eigenvalue weighted by molar-refractivity contribution is 7.99. The van der Waals surface area contributed by atoms with Gasteiger partial charge >= 0.3 is 5.63 Å². The lowest BCUT2D eigenvalue weighted by molar-refractivity contribution is 0.413. The zero-order valence-electron chi connectivity index (χ0n) is 16.9. The van der Waals surface area contributed by atoms with Crippen molar-refractivity contribution >= 4 is 33.6 Å². The lowest BCUT2D eigenvalue weighted by Crippen LogP contribution is -2.20. The maximum atomic E-state index is 13.6. The maximum Gasteiger partial charge on any atom is 0.354 e. The lowest BCUT2D eigenvalue weighted by atomic mass is 10.1. The molecule has 2 heterocycles. The van der Waals surface area contributed by atoms with Gasteiger partial charge in [-0.05, 0) is 42.5 Å². The van der Waals surface area contributed by atoms with Gasteiger partial charge in [0.2, 0.25) is 0 Å². The molecule has 0 radical (unpaired) electrons. The van der Waals surface area contributed by atoms with Crippen molar-refractivity contribution in [1.29, 1.82) is 0 Å². The van der Waals surface area contributed by atoms with E-state index in [0.29, 0.717) is 27.2 Å². The second-order valence-corrected chi connectivity index (χ2v) is 8.13. The number of hydrogen-bond acceptors (Lipinski definition) is 6. The van der Waals surface area contributed by atoms with Gasteiger partial charge in [0.15, 0.2) is 11.3 Å². The van der Waals surface area contributed by atoms with Crippen LogP contribution in [0.4, 0.5) is 0 Å². The first-order valence-corrected chi connectivity index (χ1v) is 10.6. The summed E-state index contributed by atoms with van der Waals surface area (Å²) >= 11 is 1.02. The number of rotatable bonds is 4. The molecule has 5 aromatic rings. The summed E-state index contributed by atoms with van der Waals surface area (Å²) < 4.78 is 12.3. The number of pyridine rings is 1. The monoisotopic (exact) mass is 443 g/mol. The van der Waals surface area contributed by atoms with Crippen LogP contribution in [0.2, 0.25) is 0 Å². The molecule has 1 N–H and O–H groups in total. The highest BCUT2D eigenvalue weighted by atomic mass is 32.2. The van der Waals surface area contributed by atoms with E-state index < -0.39 is 16.9 Å². The Labute approximate surface area is 186 Å². The Bertz CT molecular complexity index is 1590. The Morgan fingerprint density at radius 3 is 2.47 bits per heavy atom. The minimum atomic E-state index is -0.718. The third-order valence-electron chi connectivity index (χ3n) is 5.14. The van der Waals surface area contributed by atoms with Gasteiger partial charge in [-0.15, -0.1) is 0 Å². The van der Waals surface area contributed by atoms with Gasteiger partial charge in [-0.3, -0.25) is 9.36 Å². The summed E-state index contributed by atoms with van der Waals surface area (Å²) in [5.41, 5.74) is 0.0916. The first-order chi connectivity index (χ1) is 15.6. The molecule has 5 rings (SSSR count). The average molecular weight is 443 g/mol. The molecular formula is C25H17NO5S. The quantitative estimate of drug-likeness (QED) is 0.395. The van der Waals surface area contributed by atoms with Crippen LogP contribution < -0.4 is 15.9 Å². The molecule has 0 atom stereocenters. The number of ether oxygens (including phenoxy) is 1. The van der Waals surface area contributed by atoms with Crippen molar-refractivity contribution in [2.45, 2.75) is 9.79 Å². The summed E-state index contributed by atoms with van der Waals surface area (Å²) in [6, 6.07) is 23.3. The van der Waals surface area contributed by atoms with E-state index in [9.17, 15) is 14.7 Å². The van der Waals surface area contributed by atoms with Crippen LogP contribution in [0.25, 0.3) is 27.6 Å². The van der Waals surface area contributed by atoms with Gasteiger partial charge in [0.05, 0.1) is 12.6 Å². The van der Waals surface area contributed by atoms with Crippen LogP contribution >= 0.6 is 11.8 Å². The first kappa shape index (κ1) is 20.0. The standard InChI is InChI=1S/C25H17NO5S/c1-30-16-10-7-11-17(14-16)32-23-21(27)20-22(31-25(23)29)18-12-5-6-13-19(18)26(24(20)28)15-8-3-2-4-9-15/h2-14,27H,1H3. The zero-order chi connectivity index (χ0) is 22.2. The summed E-state index contributed by atoms with van der Waals surface area (Å²) in [7, 11) is 1.54. The summed E-state index contributed by atoms with van der Waals surface area (Å²) in [5.74, 6) is 0.210. The molecule has 0 aliphatic heterocycles. The molecule has 0 spiro atoms. The van der Waals surface area contributed by atoms with Gasteiger partial charge < -0.3 is 14.3 Å². The van der Waals surface area contributed by atoms with Crippen LogP contribution in [-0.2, 0) is 0 Å². The number of para-hydroxylation sites is 2. The van der Waals surface area contributed by atoms with E-state index in [4.69, 9.17) is 9.15 Å². The number of benzene rings is 3. The molecule has 0 amide bonds.